The van der Waals surface area contributed by atoms with Crippen molar-refractivity contribution in [2.45, 2.75) is 0 Å². The molecule has 378 valence electrons. The highest BCUT2D eigenvalue weighted by Gasteiger charge is 2.35. The van der Waals surface area contributed by atoms with Crippen molar-refractivity contribution >= 4 is 141 Å². The van der Waals surface area contributed by atoms with Crippen molar-refractivity contribution in [1.82, 2.24) is 18.3 Å². The second kappa shape index (κ2) is 16.7. The molecular formula is C74H40N6OS. The molecule has 0 fully saturated rings. The molecule has 7 nitrogen and oxygen atoms in total. The maximum absolute atomic E-state index is 12.7. The molecule has 0 atom stereocenters. The Balaban J connectivity index is 1.13. The SMILES string of the molecule is N#Cc1c(-n2c3ccccc3c3ccccc32)c(C#N)c(-n2c3ccccc3c3ccccc32)c(-n2c3ccc(-c4cccc5oc6ccccc6c45)cc3c3ccc4c5ccccc5sc4c32)c1-n1c2ccccc2c2ccccc21. The second-order valence-corrected chi connectivity index (χ2v) is 22.3. The van der Waals surface area contributed by atoms with Crippen LogP contribution in [0.1, 0.15) is 11.1 Å². The number of nitrogens with zero attached hydrogens (tertiary/aromatic N) is 6. The van der Waals surface area contributed by atoms with Crippen molar-refractivity contribution in [3.05, 3.63) is 254 Å². The number of para-hydroxylation sites is 7. The Kier molecular flexibility index (Phi) is 9.11. The molecule has 0 radical (unpaired) electrons. The average molecular weight is 1060 g/mol. The molecule has 8 heteroatoms. The van der Waals surface area contributed by atoms with Gasteiger partial charge in [-0.25, -0.2) is 0 Å². The van der Waals surface area contributed by atoms with E-state index in [9.17, 15) is 10.5 Å². The Morgan fingerprint density at radius 2 is 0.744 bits per heavy atom. The molecule has 0 unspecified atom stereocenters. The largest absolute Gasteiger partial charge is 0.456 e. The zero-order chi connectivity index (χ0) is 53.9. The zero-order valence-corrected chi connectivity index (χ0v) is 44.4. The van der Waals surface area contributed by atoms with Gasteiger partial charge in [0.05, 0.1) is 71.6 Å². The van der Waals surface area contributed by atoms with Crippen LogP contribution in [0.2, 0.25) is 0 Å². The summed E-state index contributed by atoms with van der Waals surface area (Å²) in [7, 11) is 0. The number of furan rings is 1. The smallest absolute Gasteiger partial charge is 0.136 e. The molecule has 0 saturated heterocycles. The first-order valence-electron chi connectivity index (χ1n) is 27.5. The van der Waals surface area contributed by atoms with E-state index in [1.807, 2.05) is 24.3 Å². The van der Waals surface area contributed by atoms with E-state index in [4.69, 9.17) is 4.42 Å². The summed E-state index contributed by atoms with van der Waals surface area (Å²) in [6, 6.07) is 91.3. The fourth-order valence-electron chi connectivity index (χ4n) is 14.0. The van der Waals surface area contributed by atoms with Gasteiger partial charge < -0.3 is 22.7 Å². The Bertz CT molecular complexity index is 5630. The van der Waals surface area contributed by atoms with Gasteiger partial charge in [0.1, 0.15) is 34.4 Å². The number of aromatic nitrogens is 4. The van der Waals surface area contributed by atoms with Crippen LogP contribution >= 0.6 is 11.3 Å². The fourth-order valence-corrected chi connectivity index (χ4v) is 15.2. The van der Waals surface area contributed by atoms with E-state index in [-0.39, 0.29) is 0 Å². The lowest BCUT2D eigenvalue weighted by Crippen LogP contribution is -2.17. The predicted octanol–water partition coefficient (Wildman–Crippen LogP) is 19.8. The summed E-state index contributed by atoms with van der Waals surface area (Å²) in [6.45, 7) is 0. The summed E-state index contributed by atoms with van der Waals surface area (Å²) in [4.78, 5) is 0. The molecule has 0 saturated carbocycles. The monoisotopic (exact) mass is 1060 g/mol. The van der Waals surface area contributed by atoms with Gasteiger partial charge in [0.2, 0.25) is 0 Å². The Morgan fingerprint density at radius 3 is 1.27 bits per heavy atom. The quantitative estimate of drug-likeness (QED) is 0.172. The van der Waals surface area contributed by atoms with Gasteiger partial charge >= 0.3 is 0 Å². The van der Waals surface area contributed by atoms with E-state index in [0.717, 1.165) is 130 Å². The third-order valence-corrected chi connectivity index (χ3v) is 18.4. The molecule has 0 amide bonds. The maximum Gasteiger partial charge on any atom is 0.136 e. The van der Waals surface area contributed by atoms with Gasteiger partial charge in [-0.2, -0.15) is 10.5 Å². The van der Waals surface area contributed by atoms with Crippen LogP contribution in [0.3, 0.4) is 0 Å². The van der Waals surface area contributed by atoms with Gasteiger partial charge in [-0.05, 0) is 77.9 Å². The van der Waals surface area contributed by atoms with Crippen LogP contribution in [0.25, 0.3) is 163 Å². The highest BCUT2D eigenvalue weighted by atomic mass is 32.1. The molecule has 0 N–H and O–H groups in total. The minimum atomic E-state index is 0.364. The highest BCUT2D eigenvalue weighted by molar-refractivity contribution is 7.26. The zero-order valence-electron chi connectivity index (χ0n) is 43.6. The molecule has 0 spiro atoms. The van der Waals surface area contributed by atoms with Crippen LogP contribution in [0.5, 0.6) is 0 Å². The van der Waals surface area contributed by atoms with Crippen molar-refractivity contribution in [2.24, 2.45) is 0 Å². The Morgan fingerprint density at radius 1 is 0.317 bits per heavy atom. The molecular weight excluding hydrogens is 1020 g/mol. The van der Waals surface area contributed by atoms with Crippen molar-refractivity contribution in [3.8, 4) is 46.0 Å². The second-order valence-electron chi connectivity index (χ2n) is 21.3. The van der Waals surface area contributed by atoms with E-state index in [2.05, 4.69) is 249 Å². The van der Waals surface area contributed by atoms with Crippen LogP contribution in [-0.4, -0.2) is 18.3 Å². The first-order chi connectivity index (χ1) is 40.7. The number of rotatable bonds is 5. The molecule has 82 heavy (non-hydrogen) atoms. The first-order valence-corrected chi connectivity index (χ1v) is 28.3. The van der Waals surface area contributed by atoms with Gasteiger partial charge in [-0.3, -0.25) is 0 Å². The third kappa shape index (κ3) is 5.84. The van der Waals surface area contributed by atoms with Crippen LogP contribution < -0.4 is 0 Å². The minimum absolute atomic E-state index is 0.364. The topological polar surface area (TPSA) is 80.4 Å². The molecule has 0 bridgehead atoms. The van der Waals surface area contributed by atoms with Crippen LogP contribution in [0, 0.1) is 22.7 Å². The van der Waals surface area contributed by atoms with Crippen LogP contribution in [-0.2, 0) is 0 Å². The molecule has 0 aliphatic carbocycles. The van der Waals surface area contributed by atoms with Gasteiger partial charge in [-0.1, -0.05) is 176 Å². The lowest BCUT2D eigenvalue weighted by Gasteiger charge is -2.27. The number of benzene rings is 12. The van der Waals surface area contributed by atoms with E-state index < -0.39 is 0 Å². The Labute approximate surface area is 471 Å². The summed E-state index contributed by atoms with van der Waals surface area (Å²) >= 11 is 1.78. The molecule has 6 heterocycles. The van der Waals surface area contributed by atoms with Gasteiger partial charge in [0.25, 0.3) is 0 Å². The van der Waals surface area contributed by atoms with Crippen molar-refractivity contribution in [3.63, 3.8) is 0 Å². The summed E-state index contributed by atoms with van der Waals surface area (Å²) in [5.74, 6) is 0. The predicted molar refractivity (Wildman–Crippen MR) is 339 cm³/mol. The fraction of sp³-hybridized carbons (Fsp3) is 0. The molecule has 0 aliphatic rings. The number of thiophene rings is 1. The lowest BCUT2D eigenvalue weighted by molar-refractivity contribution is 0.669. The maximum atomic E-state index is 12.7. The third-order valence-electron chi connectivity index (χ3n) is 17.2. The Hall–Kier alpha value is -11.2. The summed E-state index contributed by atoms with van der Waals surface area (Å²) < 4.78 is 18.0. The van der Waals surface area contributed by atoms with Gasteiger partial charge in [0, 0.05) is 69.3 Å². The van der Waals surface area contributed by atoms with Crippen LogP contribution in [0.15, 0.2) is 247 Å². The molecule has 18 rings (SSSR count). The lowest BCUT2D eigenvalue weighted by atomic mass is 9.97. The van der Waals surface area contributed by atoms with E-state index in [0.29, 0.717) is 33.9 Å². The minimum Gasteiger partial charge on any atom is -0.456 e. The van der Waals surface area contributed by atoms with E-state index in [1.54, 1.807) is 11.3 Å². The number of nitriles is 2. The summed E-state index contributed by atoms with van der Waals surface area (Å²) in [6.07, 6.45) is 0. The standard InChI is InChI=1S/C74H40N6OS/c75-41-56-69(77-58-27-9-1-18-45(58)46-19-2-10-28-59(46)77)57(42-76)71(79-62-31-13-5-22-49(62)50-23-6-14-32-63(50)79)73(70(56)78-60-29-11-3-20-47(60)48-21-4-12-30-61(48)78)80-64-39-36-43(44-26-17-34-66-68(44)54-25-7-15-33-65(54)81-66)40-55(64)52-37-38-53-51-24-8-16-35-67(51)82-74(53)72(52)80/h1-40H. The van der Waals surface area contributed by atoms with E-state index in [1.165, 1.54) is 10.1 Å². The summed E-state index contributed by atoms with van der Waals surface area (Å²) in [5.41, 5.74) is 14.5. The molecule has 6 aromatic heterocycles. The van der Waals surface area contributed by atoms with E-state index >= 15 is 0 Å². The van der Waals surface area contributed by atoms with Crippen LogP contribution in [0.4, 0.5) is 0 Å². The summed E-state index contributed by atoms with van der Waals surface area (Å²) in [5, 5.41) is 38.1. The average Bonchev–Trinajstić information content (AvgIpc) is 1.78. The highest BCUT2D eigenvalue weighted by Crippen LogP contribution is 2.51. The molecule has 12 aromatic carbocycles. The van der Waals surface area contributed by atoms with Crippen molar-refractivity contribution in [1.29, 1.82) is 10.5 Å². The number of hydrogen-bond acceptors (Lipinski definition) is 4. The first kappa shape index (κ1) is 44.8. The van der Waals surface area contributed by atoms with Gasteiger partial charge in [-0.15, -0.1) is 11.3 Å². The van der Waals surface area contributed by atoms with Gasteiger partial charge in [0.15, 0.2) is 0 Å². The molecule has 0 aliphatic heterocycles. The number of hydrogen-bond donors (Lipinski definition) is 0. The van der Waals surface area contributed by atoms with Crippen molar-refractivity contribution < 1.29 is 4.42 Å². The number of fused-ring (bicyclic) bond motifs is 19. The van der Waals surface area contributed by atoms with Crippen molar-refractivity contribution in [2.75, 3.05) is 0 Å². The normalized spacial score (nSPS) is 12.1. The molecule has 18 aromatic rings.